The van der Waals surface area contributed by atoms with Gasteiger partial charge in [-0.05, 0) is 6.42 Å². The zero-order valence-electron chi connectivity index (χ0n) is 10.6. The van der Waals surface area contributed by atoms with Crippen LogP contribution < -0.4 is 15.6 Å². The predicted octanol–water partition coefficient (Wildman–Crippen LogP) is -0.662. The number of ether oxygens (including phenoxy) is 1. The van der Waals surface area contributed by atoms with Crippen LogP contribution in [0, 0.1) is 0 Å². The number of carbonyl (C=O) groups excluding carboxylic acids is 2. The quantitative estimate of drug-likeness (QED) is 0.704. The van der Waals surface area contributed by atoms with Crippen LogP contribution in [-0.2, 0) is 9.59 Å². The molecule has 0 aliphatic carbocycles. The number of nitrogens with zero attached hydrogens (tertiary/aromatic N) is 2. The Hall–Kier alpha value is -2.38. The van der Waals surface area contributed by atoms with Crippen LogP contribution in [0.15, 0.2) is 11.1 Å². The Balaban J connectivity index is 2.22. The van der Waals surface area contributed by atoms with Gasteiger partial charge < -0.3 is 15.0 Å². The molecule has 1 aromatic heterocycles. The van der Waals surface area contributed by atoms with Crippen LogP contribution in [0.4, 0.5) is 5.82 Å². The number of rotatable bonds is 3. The maximum absolute atomic E-state index is 11.9. The van der Waals surface area contributed by atoms with E-state index in [1.807, 2.05) is 0 Å². The number of aromatic nitrogens is 2. The van der Waals surface area contributed by atoms with E-state index in [0.29, 0.717) is 6.42 Å². The summed E-state index contributed by atoms with van der Waals surface area (Å²) in [6.45, 7) is 0. The fraction of sp³-hybridized carbons (Fsp3) is 0.455. The van der Waals surface area contributed by atoms with E-state index in [1.54, 1.807) is 0 Å². The predicted molar refractivity (Wildman–Crippen MR) is 65.8 cm³/mol. The molecule has 1 fully saturated rings. The van der Waals surface area contributed by atoms with Gasteiger partial charge in [-0.15, -0.1) is 0 Å². The minimum atomic E-state index is -0.592. The lowest BCUT2D eigenvalue weighted by Gasteiger charge is -2.28. The summed E-state index contributed by atoms with van der Waals surface area (Å²) in [7, 11) is 2.77. The molecule has 1 aliphatic rings. The first-order chi connectivity index (χ1) is 9.04. The Kier molecular flexibility index (Phi) is 3.50. The lowest BCUT2D eigenvalue weighted by atomic mass is 10.0. The van der Waals surface area contributed by atoms with Crippen molar-refractivity contribution in [1.29, 1.82) is 0 Å². The Morgan fingerprint density at radius 3 is 2.89 bits per heavy atom. The molecule has 2 amide bonds. The summed E-state index contributed by atoms with van der Waals surface area (Å²) >= 11 is 0. The molecule has 1 aromatic rings. The Labute approximate surface area is 108 Å². The number of H-pyrrole nitrogens is 1. The van der Waals surface area contributed by atoms with Gasteiger partial charge in [-0.3, -0.25) is 19.3 Å². The number of likely N-dealkylation sites (tertiary alicyclic amines) is 1. The highest BCUT2D eigenvalue weighted by atomic mass is 16.5. The molecule has 1 unspecified atom stereocenters. The molecule has 0 radical (unpaired) electrons. The largest absolute Gasteiger partial charge is 0.489 e. The van der Waals surface area contributed by atoms with Crippen molar-refractivity contribution in [3.63, 3.8) is 0 Å². The van der Waals surface area contributed by atoms with E-state index >= 15 is 0 Å². The highest BCUT2D eigenvalue weighted by Gasteiger charge is 2.32. The molecule has 0 saturated carbocycles. The number of piperidine rings is 1. The lowest BCUT2D eigenvalue weighted by molar-refractivity contribution is -0.146. The van der Waals surface area contributed by atoms with Gasteiger partial charge in [0.05, 0.1) is 13.4 Å². The van der Waals surface area contributed by atoms with Gasteiger partial charge in [-0.1, -0.05) is 0 Å². The number of hydrogen-bond acceptors (Lipinski definition) is 6. The van der Waals surface area contributed by atoms with Crippen molar-refractivity contribution < 1.29 is 14.3 Å². The van der Waals surface area contributed by atoms with Crippen LogP contribution in [-0.4, -0.2) is 46.9 Å². The highest BCUT2D eigenvalue weighted by molar-refractivity contribution is 6.01. The van der Waals surface area contributed by atoms with Gasteiger partial charge in [0.25, 0.3) is 11.5 Å². The zero-order chi connectivity index (χ0) is 14.0. The number of aromatic amines is 1. The standard InChI is InChI=1S/C11H14N4O4/c1-15-7(16)4-3-6(11(15)18)14-9-8(19-2)10(17)13-5-12-9/h5-6H,3-4H2,1-2H3,(H2,12,13,14,17). The fourth-order valence-corrected chi connectivity index (χ4v) is 1.89. The minimum absolute atomic E-state index is 0.00912. The van der Waals surface area contributed by atoms with Gasteiger partial charge in [-0.2, -0.15) is 0 Å². The zero-order valence-corrected chi connectivity index (χ0v) is 10.6. The van der Waals surface area contributed by atoms with Crippen molar-refractivity contribution in [1.82, 2.24) is 14.9 Å². The number of carbonyl (C=O) groups is 2. The van der Waals surface area contributed by atoms with Gasteiger partial charge in [-0.25, -0.2) is 4.98 Å². The normalized spacial score (nSPS) is 19.5. The Morgan fingerprint density at radius 2 is 2.21 bits per heavy atom. The summed E-state index contributed by atoms with van der Waals surface area (Å²) in [5.74, 6) is -0.364. The Morgan fingerprint density at radius 1 is 1.47 bits per heavy atom. The van der Waals surface area contributed by atoms with Crippen LogP contribution >= 0.6 is 0 Å². The van der Waals surface area contributed by atoms with Crippen LogP contribution in [0.3, 0.4) is 0 Å². The van der Waals surface area contributed by atoms with Crippen LogP contribution in [0.1, 0.15) is 12.8 Å². The number of imide groups is 1. The second-order valence-corrected chi connectivity index (χ2v) is 4.14. The molecule has 0 spiro atoms. The molecule has 2 N–H and O–H groups in total. The fourth-order valence-electron chi connectivity index (χ4n) is 1.89. The summed E-state index contributed by atoms with van der Waals surface area (Å²) in [6.07, 6.45) is 1.85. The van der Waals surface area contributed by atoms with E-state index in [0.717, 1.165) is 4.90 Å². The van der Waals surface area contributed by atoms with Crippen molar-refractivity contribution in [3.05, 3.63) is 16.7 Å². The number of hydrogen-bond donors (Lipinski definition) is 2. The molecule has 19 heavy (non-hydrogen) atoms. The molecule has 1 aliphatic heterocycles. The van der Waals surface area contributed by atoms with Gasteiger partial charge in [0.2, 0.25) is 11.7 Å². The van der Waals surface area contributed by atoms with Crippen LogP contribution in [0.5, 0.6) is 5.75 Å². The van der Waals surface area contributed by atoms with Gasteiger partial charge in [0, 0.05) is 13.5 Å². The third kappa shape index (κ3) is 2.42. The maximum atomic E-state index is 11.9. The molecule has 2 heterocycles. The van der Waals surface area contributed by atoms with Gasteiger partial charge in [0.15, 0.2) is 5.82 Å². The molecule has 0 bridgehead atoms. The monoisotopic (exact) mass is 266 g/mol. The number of methoxy groups -OCH3 is 1. The molecule has 1 atom stereocenters. The van der Waals surface area contributed by atoms with Crippen molar-refractivity contribution in [2.75, 3.05) is 19.5 Å². The average Bonchev–Trinajstić information content (AvgIpc) is 2.40. The van der Waals surface area contributed by atoms with Crippen molar-refractivity contribution >= 4 is 17.6 Å². The molecule has 1 saturated heterocycles. The third-order valence-electron chi connectivity index (χ3n) is 2.98. The first-order valence-corrected chi connectivity index (χ1v) is 5.73. The molecule has 8 heteroatoms. The number of anilines is 1. The number of likely N-dealkylation sites (N-methyl/N-ethyl adjacent to an activating group) is 1. The molecule has 102 valence electrons. The smallest absolute Gasteiger partial charge is 0.295 e. The van der Waals surface area contributed by atoms with Crippen LogP contribution in [0.2, 0.25) is 0 Å². The molecular formula is C11H14N4O4. The second-order valence-electron chi connectivity index (χ2n) is 4.14. The first kappa shape index (κ1) is 13.1. The molecule has 8 nitrogen and oxygen atoms in total. The molecular weight excluding hydrogens is 252 g/mol. The third-order valence-corrected chi connectivity index (χ3v) is 2.98. The minimum Gasteiger partial charge on any atom is -0.489 e. The first-order valence-electron chi connectivity index (χ1n) is 5.73. The van der Waals surface area contributed by atoms with E-state index in [-0.39, 0.29) is 29.8 Å². The maximum Gasteiger partial charge on any atom is 0.295 e. The lowest BCUT2D eigenvalue weighted by Crippen LogP contribution is -2.48. The van der Waals surface area contributed by atoms with Gasteiger partial charge >= 0.3 is 0 Å². The number of amides is 2. The number of nitrogens with one attached hydrogen (secondary N) is 2. The van der Waals surface area contributed by atoms with E-state index in [9.17, 15) is 14.4 Å². The van der Waals surface area contributed by atoms with Gasteiger partial charge in [0.1, 0.15) is 6.04 Å². The molecule has 0 aromatic carbocycles. The Bertz CT molecular complexity index is 568. The van der Waals surface area contributed by atoms with E-state index in [1.165, 1.54) is 20.5 Å². The topological polar surface area (TPSA) is 104 Å². The van der Waals surface area contributed by atoms with Crippen molar-refractivity contribution in [2.45, 2.75) is 18.9 Å². The van der Waals surface area contributed by atoms with E-state index in [2.05, 4.69) is 15.3 Å². The summed E-state index contributed by atoms with van der Waals surface area (Å²) in [4.78, 5) is 42.2. The summed E-state index contributed by atoms with van der Waals surface area (Å²) in [5.41, 5.74) is -0.437. The van der Waals surface area contributed by atoms with E-state index < -0.39 is 11.6 Å². The average molecular weight is 266 g/mol. The van der Waals surface area contributed by atoms with Crippen LogP contribution in [0.25, 0.3) is 0 Å². The van der Waals surface area contributed by atoms with Crippen molar-refractivity contribution in [2.24, 2.45) is 0 Å². The summed E-state index contributed by atoms with van der Waals surface area (Å²) in [5, 5.41) is 2.84. The second kappa shape index (κ2) is 5.09. The van der Waals surface area contributed by atoms with Crippen molar-refractivity contribution in [3.8, 4) is 5.75 Å². The summed E-state index contributed by atoms with van der Waals surface area (Å²) in [6, 6.07) is -0.592. The van der Waals surface area contributed by atoms with E-state index in [4.69, 9.17) is 4.74 Å². The highest BCUT2D eigenvalue weighted by Crippen LogP contribution is 2.20. The molecule has 2 rings (SSSR count). The SMILES string of the molecule is COc1c(NC2CCC(=O)N(C)C2=O)nc[nH]c1=O. The summed E-state index contributed by atoms with van der Waals surface area (Å²) < 4.78 is 4.94.